The van der Waals surface area contributed by atoms with Gasteiger partial charge in [-0.05, 0) is 49.2 Å². The highest BCUT2D eigenvalue weighted by molar-refractivity contribution is 9.10. The molecule has 1 saturated carbocycles. The normalized spacial score (nSPS) is 13.7. The fraction of sp³-hybridized carbons (Fsp3) is 0.286. The number of hydrogen-bond acceptors (Lipinski definition) is 4. The maximum atomic E-state index is 14.2. The number of nitrogens with zero attached hydrogens (tertiary/aromatic N) is 1. The number of ether oxygens (including phenoxy) is 1. The van der Waals surface area contributed by atoms with Gasteiger partial charge in [-0.2, -0.15) is 0 Å². The molecule has 0 atom stereocenters. The summed E-state index contributed by atoms with van der Waals surface area (Å²) in [7, 11) is -2.47. The van der Waals surface area contributed by atoms with E-state index in [-0.39, 0.29) is 35.3 Å². The van der Waals surface area contributed by atoms with Crippen molar-refractivity contribution in [3.63, 3.8) is 0 Å². The van der Waals surface area contributed by atoms with Crippen molar-refractivity contribution < 1.29 is 22.3 Å². The third kappa shape index (κ3) is 5.27. The van der Waals surface area contributed by atoms with Gasteiger partial charge in [-0.1, -0.05) is 22.0 Å². The van der Waals surface area contributed by atoms with Gasteiger partial charge in [0, 0.05) is 34.7 Å². The Hall–Kier alpha value is -2.23. The van der Waals surface area contributed by atoms with Crippen molar-refractivity contribution in [3.8, 4) is 5.75 Å². The number of nitrogens with one attached hydrogen (secondary N) is 1. The molecule has 0 heterocycles. The lowest BCUT2D eigenvalue weighted by Crippen LogP contribution is -2.31. The van der Waals surface area contributed by atoms with Crippen molar-refractivity contribution in [2.75, 3.05) is 13.7 Å². The van der Waals surface area contributed by atoms with E-state index in [4.69, 9.17) is 4.74 Å². The summed E-state index contributed by atoms with van der Waals surface area (Å²) in [6.45, 7) is 3.83. The number of carbonyl (C=O) groups excluding carboxylic acids is 1. The van der Waals surface area contributed by atoms with Crippen LogP contribution in [-0.2, 0) is 16.6 Å². The van der Waals surface area contributed by atoms with Crippen LogP contribution in [0.5, 0.6) is 5.75 Å². The van der Waals surface area contributed by atoms with Crippen molar-refractivity contribution in [1.29, 1.82) is 0 Å². The molecule has 1 N–H and O–H groups in total. The van der Waals surface area contributed by atoms with Gasteiger partial charge in [-0.25, -0.2) is 17.5 Å². The molecule has 0 radical (unpaired) electrons. The molecule has 9 heteroatoms. The summed E-state index contributed by atoms with van der Waals surface area (Å²) in [5, 5.41) is 0. The third-order valence-corrected chi connectivity index (χ3v) is 6.64. The first-order valence-electron chi connectivity index (χ1n) is 9.29. The zero-order chi connectivity index (χ0) is 21.9. The minimum absolute atomic E-state index is 0.00453. The predicted octanol–water partition coefficient (Wildman–Crippen LogP) is 3.87. The molecular weight excluding hydrogens is 475 g/mol. The summed E-state index contributed by atoms with van der Waals surface area (Å²) in [6, 6.07) is 8.63. The Labute approximate surface area is 183 Å². The van der Waals surface area contributed by atoms with Gasteiger partial charge < -0.3 is 9.64 Å². The van der Waals surface area contributed by atoms with Crippen LogP contribution < -0.4 is 9.46 Å². The number of sulfonamides is 1. The molecule has 0 aliphatic heterocycles. The first-order chi connectivity index (χ1) is 14.2. The molecule has 0 bridgehead atoms. The summed E-state index contributed by atoms with van der Waals surface area (Å²) < 4.78 is 48.1. The second kappa shape index (κ2) is 9.28. The maximum absolute atomic E-state index is 14.2. The molecule has 1 amide bonds. The number of methoxy groups -OCH3 is 1. The van der Waals surface area contributed by atoms with Crippen LogP contribution in [-0.4, -0.2) is 38.9 Å². The molecule has 30 heavy (non-hydrogen) atoms. The van der Waals surface area contributed by atoms with Gasteiger partial charge >= 0.3 is 0 Å². The van der Waals surface area contributed by atoms with E-state index < -0.39 is 21.7 Å². The van der Waals surface area contributed by atoms with E-state index in [9.17, 15) is 17.6 Å². The topological polar surface area (TPSA) is 75.7 Å². The van der Waals surface area contributed by atoms with E-state index in [0.29, 0.717) is 10.0 Å². The second-order valence-corrected chi connectivity index (χ2v) is 9.57. The van der Waals surface area contributed by atoms with Crippen molar-refractivity contribution in [2.24, 2.45) is 0 Å². The molecule has 0 spiro atoms. The minimum atomic E-state index is -3.84. The molecule has 3 rings (SSSR count). The summed E-state index contributed by atoms with van der Waals surface area (Å²) >= 11 is 3.30. The number of carbonyl (C=O) groups is 1. The first-order valence-corrected chi connectivity index (χ1v) is 11.6. The lowest BCUT2D eigenvalue weighted by atomic mass is 10.1. The largest absolute Gasteiger partial charge is 0.495 e. The Balaban J connectivity index is 1.93. The lowest BCUT2D eigenvalue weighted by Gasteiger charge is -2.22. The van der Waals surface area contributed by atoms with Crippen LogP contribution in [0.1, 0.15) is 28.8 Å². The van der Waals surface area contributed by atoms with Crippen molar-refractivity contribution in [2.45, 2.75) is 30.3 Å². The standard InChI is InChI=1S/C21H22BrFN2O4S/c1-3-10-25(13-15-11-16(22)5-8-18(15)23)21(26)14-4-9-19(29-2)20(12-14)30(27,28)24-17-6-7-17/h3-5,8-9,11-12,17,24H,1,6-7,10,13H2,2H3. The second-order valence-electron chi connectivity index (χ2n) is 6.97. The van der Waals surface area contributed by atoms with Crippen molar-refractivity contribution in [1.82, 2.24) is 9.62 Å². The number of hydrogen-bond donors (Lipinski definition) is 1. The average molecular weight is 497 g/mol. The molecule has 0 aromatic heterocycles. The molecule has 160 valence electrons. The van der Waals surface area contributed by atoms with Crippen LogP contribution in [0.25, 0.3) is 0 Å². The minimum Gasteiger partial charge on any atom is -0.495 e. The third-order valence-electron chi connectivity index (χ3n) is 4.60. The van der Waals surface area contributed by atoms with Gasteiger partial charge in [0.15, 0.2) is 0 Å². The van der Waals surface area contributed by atoms with Gasteiger partial charge in [0.05, 0.1) is 7.11 Å². The maximum Gasteiger partial charge on any atom is 0.254 e. The van der Waals surface area contributed by atoms with Crippen LogP contribution in [0.2, 0.25) is 0 Å². The van der Waals surface area contributed by atoms with E-state index in [2.05, 4.69) is 27.2 Å². The molecule has 0 unspecified atom stereocenters. The van der Waals surface area contributed by atoms with Crippen molar-refractivity contribution >= 4 is 31.9 Å². The van der Waals surface area contributed by atoms with Gasteiger partial charge in [0.2, 0.25) is 10.0 Å². The fourth-order valence-corrected chi connectivity index (χ4v) is 4.84. The Morgan fingerprint density at radius 3 is 2.70 bits per heavy atom. The zero-order valence-corrected chi connectivity index (χ0v) is 18.8. The summed E-state index contributed by atoms with van der Waals surface area (Å²) in [6.07, 6.45) is 3.10. The summed E-state index contributed by atoms with van der Waals surface area (Å²) in [4.78, 5) is 14.4. The highest BCUT2D eigenvalue weighted by Gasteiger charge is 2.30. The monoisotopic (exact) mass is 496 g/mol. The highest BCUT2D eigenvalue weighted by atomic mass is 79.9. The fourth-order valence-electron chi connectivity index (χ4n) is 2.93. The van der Waals surface area contributed by atoms with Crippen LogP contribution in [0.15, 0.2) is 58.4 Å². The zero-order valence-electron chi connectivity index (χ0n) is 16.4. The van der Waals surface area contributed by atoms with Gasteiger partial charge in [0.1, 0.15) is 16.5 Å². The van der Waals surface area contributed by atoms with Gasteiger partial charge in [0.25, 0.3) is 5.91 Å². The Morgan fingerprint density at radius 2 is 2.07 bits per heavy atom. The van der Waals surface area contributed by atoms with Crippen molar-refractivity contribution in [3.05, 3.63) is 70.5 Å². The highest BCUT2D eigenvalue weighted by Crippen LogP contribution is 2.29. The molecule has 1 aliphatic carbocycles. The van der Waals surface area contributed by atoms with E-state index in [1.54, 1.807) is 12.1 Å². The van der Waals surface area contributed by atoms with Crippen LogP contribution >= 0.6 is 15.9 Å². The summed E-state index contributed by atoms with van der Waals surface area (Å²) in [5.74, 6) is -0.737. The van der Waals surface area contributed by atoms with E-state index in [1.807, 2.05) is 0 Å². The Bertz CT molecular complexity index is 1070. The molecule has 2 aromatic carbocycles. The Morgan fingerprint density at radius 1 is 1.33 bits per heavy atom. The molecule has 1 fully saturated rings. The predicted molar refractivity (Wildman–Crippen MR) is 115 cm³/mol. The van der Waals surface area contributed by atoms with Gasteiger partial charge in [-0.3, -0.25) is 4.79 Å². The number of halogens is 2. The Kier molecular flexibility index (Phi) is 6.95. The average Bonchev–Trinajstić information content (AvgIpc) is 3.52. The first kappa shape index (κ1) is 22.5. The molecule has 2 aromatic rings. The lowest BCUT2D eigenvalue weighted by molar-refractivity contribution is 0.0761. The smallest absolute Gasteiger partial charge is 0.254 e. The molecule has 1 aliphatic rings. The van der Waals surface area contributed by atoms with Gasteiger partial charge in [-0.15, -0.1) is 6.58 Å². The molecule has 0 saturated heterocycles. The van der Waals surface area contributed by atoms with Crippen LogP contribution in [0.4, 0.5) is 4.39 Å². The van der Waals surface area contributed by atoms with E-state index in [0.717, 1.165) is 12.8 Å². The molecular formula is C21H22BrFN2O4S. The van der Waals surface area contributed by atoms with E-state index in [1.165, 1.54) is 42.4 Å². The number of benzene rings is 2. The number of amides is 1. The summed E-state index contributed by atoms with van der Waals surface area (Å²) in [5.41, 5.74) is 0.487. The van der Waals surface area contributed by atoms with Crippen LogP contribution in [0, 0.1) is 5.82 Å². The number of rotatable bonds is 9. The van der Waals surface area contributed by atoms with Crippen LogP contribution in [0.3, 0.4) is 0 Å². The molecule has 6 nitrogen and oxygen atoms in total. The SMILES string of the molecule is C=CCN(Cc1cc(Br)ccc1F)C(=O)c1ccc(OC)c(S(=O)(=O)NC2CC2)c1. The quantitative estimate of drug-likeness (QED) is 0.534. The van der Waals surface area contributed by atoms with E-state index >= 15 is 0 Å².